The predicted octanol–water partition coefficient (Wildman–Crippen LogP) is 5.06. The number of fused-ring (bicyclic) bond motifs is 1. The number of hydrogen-bond acceptors (Lipinski definition) is 4. The van der Waals surface area contributed by atoms with Crippen molar-refractivity contribution in [1.82, 2.24) is 9.55 Å². The maximum atomic E-state index is 14.5. The van der Waals surface area contributed by atoms with Gasteiger partial charge in [0.15, 0.2) is 0 Å². The minimum atomic E-state index is -1.08. The molecule has 2 N–H and O–H groups in total. The standard InChI is InChI=1S/C25H21F2N3O3/c1-13-11-16(14(2)28-20-10-5-4-7-15(20)25(32)33)22-17(12-13)24(31)30(3)23(29-22)21-18(26)8-6-9-19(21)27/h4-12,14,28H,1-3H3,(H,32,33)/t14-/m1/s1. The first-order valence-electron chi connectivity index (χ1n) is 10.2. The van der Waals surface area contributed by atoms with Gasteiger partial charge in [-0.2, -0.15) is 0 Å². The topological polar surface area (TPSA) is 84.2 Å². The fraction of sp³-hybridized carbons (Fsp3) is 0.160. The first-order valence-corrected chi connectivity index (χ1v) is 10.2. The van der Waals surface area contributed by atoms with Gasteiger partial charge in [0, 0.05) is 18.3 Å². The summed E-state index contributed by atoms with van der Waals surface area (Å²) in [5.74, 6) is -2.87. The van der Waals surface area contributed by atoms with Crippen molar-refractivity contribution in [2.75, 3.05) is 5.32 Å². The van der Waals surface area contributed by atoms with Gasteiger partial charge in [0.25, 0.3) is 5.56 Å². The van der Waals surface area contributed by atoms with Crippen molar-refractivity contribution in [2.24, 2.45) is 7.05 Å². The summed E-state index contributed by atoms with van der Waals surface area (Å²) in [6, 6.07) is 13.0. The third-order valence-electron chi connectivity index (χ3n) is 5.54. The molecule has 0 aliphatic rings. The Kier molecular flexibility index (Phi) is 5.68. The second-order valence-corrected chi connectivity index (χ2v) is 7.86. The summed E-state index contributed by atoms with van der Waals surface area (Å²) >= 11 is 0. The lowest BCUT2D eigenvalue weighted by atomic mass is 10.00. The number of benzene rings is 3. The smallest absolute Gasteiger partial charge is 0.337 e. The molecule has 1 heterocycles. The second kappa shape index (κ2) is 8.46. The Morgan fingerprint density at radius 2 is 1.76 bits per heavy atom. The maximum absolute atomic E-state index is 14.5. The van der Waals surface area contributed by atoms with Crippen LogP contribution in [-0.2, 0) is 7.05 Å². The predicted molar refractivity (Wildman–Crippen MR) is 123 cm³/mol. The van der Waals surface area contributed by atoms with E-state index in [1.165, 1.54) is 19.2 Å². The van der Waals surface area contributed by atoms with E-state index in [1.54, 1.807) is 31.2 Å². The molecule has 0 aliphatic carbocycles. The number of aromatic nitrogens is 2. The van der Waals surface area contributed by atoms with Crippen LogP contribution in [0.2, 0.25) is 0 Å². The molecule has 4 rings (SSSR count). The van der Waals surface area contributed by atoms with Crippen LogP contribution in [0.4, 0.5) is 14.5 Å². The van der Waals surface area contributed by atoms with Gasteiger partial charge in [0.2, 0.25) is 0 Å². The molecule has 0 bridgehead atoms. The first kappa shape index (κ1) is 22.1. The molecule has 0 unspecified atom stereocenters. The molecular weight excluding hydrogens is 428 g/mol. The molecule has 0 spiro atoms. The van der Waals surface area contributed by atoms with E-state index in [1.807, 2.05) is 13.0 Å². The summed E-state index contributed by atoms with van der Waals surface area (Å²) in [7, 11) is 1.42. The number of nitrogens with one attached hydrogen (secondary N) is 1. The molecule has 1 aromatic heterocycles. The number of hydrogen-bond donors (Lipinski definition) is 2. The Labute approximate surface area is 188 Å². The van der Waals surface area contributed by atoms with Crippen molar-refractivity contribution in [3.63, 3.8) is 0 Å². The average Bonchev–Trinajstić information content (AvgIpc) is 2.77. The van der Waals surface area contributed by atoms with E-state index in [0.717, 1.165) is 22.3 Å². The van der Waals surface area contributed by atoms with E-state index in [2.05, 4.69) is 10.3 Å². The lowest BCUT2D eigenvalue weighted by Crippen LogP contribution is -2.22. The minimum absolute atomic E-state index is 0.0966. The van der Waals surface area contributed by atoms with Crippen molar-refractivity contribution in [3.8, 4) is 11.4 Å². The molecule has 33 heavy (non-hydrogen) atoms. The van der Waals surface area contributed by atoms with Crippen LogP contribution < -0.4 is 10.9 Å². The second-order valence-electron chi connectivity index (χ2n) is 7.86. The highest BCUT2D eigenvalue weighted by Crippen LogP contribution is 2.30. The van der Waals surface area contributed by atoms with Crippen molar-refractivity contribution in [2.45, 2.75) is 19.9 Å². The molecule has 4 aromatic rings. The zero-order chi connectivity index (χ0) is 23.9. The molecule has 0 saturated heterocycles. The molecule has 168 valence electrons. The van der Waals surface area contributed by atoms with E-state index in [-0.39, 0.29) is 22.5 Å². The third-order valence-corrected chi connectivity index (χ3v) is 5.54. The molecule has 1 atom stereocenters. The van der Waals surface area contributed by atoms with Crippen LogP contribution in [0.3, 0.4) is 0 Å². The average molecular weight is 449 g/mol. The van der Waals surface area contributed by atoms with Crippen molar-refractivity contribution in [1.29, 1.82) is 0 Å². The highest BCUT2D eigenvalue weighted by atomic mass is 19.1. The van der Waals surface area contributed by atoms with Crippen LogP contribution in [0.15, 0.2) is 59.4 Å². The van der Waals surface area contributed by atoms with Gasteiger partial charge >= 0.3 is 5.97 Å². The molecule has 8 heteroatoms. The number of carbonyl (C=O) groups is 1. The quantitative estimate of drug-likeness (QED) is 0.445. The minimum Gasteiger partial charge on any atom is -0.478 e. The molecular formula is C25H21F2N3O3. The summed E-state index contributed by atoms with van der Waals surface area (Å²) < 4.78 is 30.2. The van der Waals surface area contributed by atoms with Crippen molar-refractivity contribution >= 4 is 22.6 Å². The van der Waals surface area contributed by atoms with Gasteiger partial charge < -0.3 is 10.4 Å². The van der Waals surface area contributed by atoms with E-state index in [9.17, 15) is 23.5 Å². The third kappa shape index (κ3) is 3.95. The Bertz CT molecular complexity index is 1440. The highest BCUT2D eigenvalue weighted by molar-refractivity contribution is 5.94. The molecule has 3 aromatic carbocycles. The van der Waals surface area contributed by atoms with E-state index < -0.39 is 29.2 Å². The number of para-hydroxylation sites is 1. The number of carboxylic acids is 1. The number of halogens is 2. The van der Waals surface area contributed by atoms with Crippen molar-refractivity contribution < 1.29 is 18.7 Å². The van der Waals surface area contributed by atoms with Crippen LogP contribution in [0.5, 0.6) is 0 Å². The van der Waals surface area contributed by atoms with Gasteiger partial charge in [0.1, 0.15) is 17.5 Å². The Morgan fingerprint density at radius 1 is 1.09 bits per heavy atom. The maximum Gasteiger partial charge on any atom is 0.337 e. The fourth-order valence-electron chi connectivity index (χ4n) is 3.92. The lowest BCUT2D eigenvalue weighted by molar-refractivity contribution is 0.0698. The summed E-state index contributed by atoms with van der Waals surface area (Å²) in [4.78, 5) is 29.3. The summed E-state index contributed by atoms with van der Waals surface area (Å²) in [5.41, 5.74) is 1.34. The SMILES string of the molecule is Cc1cc([C@@H](C)Nc2ccccc2C(=O)O)c2nc(-c3c(F)cccc3F)n(C)c(=O)c2c1. The number of aromatic carboxylic acids is 1. The number of nitrogens with zero attached hydrogens (tertiary/aromatic N) is 2. The van der Waals surface area contributed by atoms with Crippen LogP contribution >= 0.6 is 0 Å². The fourth-order valence-corrected chi connectivity index (χ4v) is 3.92. The number of carboxylic acid groups (broad SMARTS) is 1. The van der Waals surface area contributed by atoms with Gasteiger partial charge in [-0.3, -0.25) is 9.36 Å². The molecule has 0 radical (unpaired) electrons. The molecule has 6 nitrogen and oxygen atoms in total. The molecule has 0 saturated carbocycles. The lowest BCUT2D eigenvalue weighted by Gasteiger charge is -2.20. The highest BCUT2D eigenvalue weighted by Gasteiger charge is 2.21. The Hall–Kier alpha value is -4.07. The zero-order valence-corrected chi connectivity index (χ0v) is 18.2. The molecule has 0 amide bonds. The Morgan fingerprint density at radius 3 is 2.42 bits per heavy atom. The van der Waals surface area contributed by atoms with Gasteiger partial charge in [-0.25, -0.2) is 18.6 Å². The van der Waals surface area contributed by atoms with Crippen molar-refractivity contribution in [3.05, 3.63) is 93.3 Å². The monoisotopic (exact) mass is 449 g/mol. The zero-order valence-electron chi connectivity index (χ0n) is 18.2. The summed E-state index contributed by atoms with van der Waals surface area (Å²) in [6.45, 7) is 3.63. The van der Waals surface area contributed by atoms with Crippen LogP contribution in [0.1, 0.15) is 34.5 Å². The normalized spacial score (nSPS) is 12.0. The van der Waals surface area contributed by atoms with Gasteiger partial charge in [0.05, 0.1) is 28.1 Å². The summed E-state index contributed by atoms with van der Waals surface area (Å²) in [5, 5.41) is 12.9. The largest absolute Gasteiger partial charge is 0.478 e. The van der Waals surface area contributed by atoms with E-state index in [4.69, 9.17) is 0 Å². The van der Waals surface area contributed by atoms with Gasteiger partial charge in [-0.15, -0.1) is 0 Å². The van der Waals surface area contributed by atoms with Crippen LogP contribution in [-0.4, -0.2) is 20.6 Å². The number of anilines is 1. The summed E-state index contributed by atoms with van der Waals surface area (Å²) in [6.07, 6.45) is 0. The first-order chi connectivity index (χ1) is 15.7. The van der Waals surface area contributed by atoms with Gasteiger partial charge in [-0.1, -0.05) is 24.3 Å². The number of rotatable bonds is 5. The van der Waals surface area contributed by atoms with Gasteiger partial charge in [-0.05, 0) is 49.7 Å². The van der Waals surface area contributed by atoms with Crippen LogP contribution in [0, 0.1) is 18.6 Å². The molecule has 0 aliphatic heterocycles. The molecule has 0 fully saturated rings. The number of aryl methyl sites for hydroxylation is 1. The van der Waals surface area contributed by atoms with E-state index in [0.29, 0.717) is 16.6 Å². The van der Waals surface area contributed by atoms with E-state index >= 15 is 0 Å². The van der Waals surface area contributed by atoms with Crippen LogP contribution in [0.25, 0.3) is 22.3 Å². The Balaban J connectivity index is 1.94.